The molecular weight excluding hydrogens is 218 g/mol. The van der Waals surface area contributed by atoms with Crippen LogP contribution in [0.3, 0.4) is 0 Å². The average Bonchev–Trinajstić information content (AvgIpc) is 2.73. The number of hydrogen-bond acceptors (Lipinski definition) is 5. The van der Waals surface area contributed by atoms with Crippen molar-refractivity contribution >= 4 is 0 Å². The molecule has 0 aliphatic heterocycles. The summed E-state index contributed by atoms with van der Waals surface area (Å²) in [4.78, 5) is 4.10. The molecule has 2 N–H and O–H groups in total. The van der Waals surface area contributed by atoms with Crippen LogP contribution in [-0.4, -0.2) is 15.2 Å². The second kappa shape index (κ2) is 4.97. The Morgan fingerprint density at radius 3 is 2.82 bits per heavy atom. The van der Waals surface area contributed by atoms with Crippen LogP contribution in [0, 0.1) is 6.92 Å². The van der Waals surface area contributed by atoms with Crippen LogP contribution in [0.15, 0.2) is 28.8 Å². The van der Waals surface area contributed by atoms with Crippen LogP contribution in [0.2, 0.25) is 0 Å². The number of phenolic OH excluding ortho intramolecular Hbond substituents is 1. The third kappa shape index (κ3) is 2.82. The zero-order valence-corrected chi connectivity index (χ0v) is 9.84. The second-order valence-electron chi connectivity index (χ2n) is 3.89. The fraction of sp³-hybridized carbons (Fsp3) is 0.333. The summed E-state index contributed by atoms with van der Waals surface area (Å²) in [5.41, 5.74) is 0.854. The minimum atomic E-state index is 0.0232. The first-order valence-corrected chi connectivity index (χ1v) is 5.47. The van der Waals surface area contributed by atoms with Crippen molar-refractivity contribution in [3.05, 3.63) is 41.5 Å². The molecule has 1 aromatic carbocycles. The van der Waals surface area contributed by atoms with Crippen LogP contribution in [0.4, 0.5) is 0 Å². The maximum Gasteiger partial charge on any atom is 0.223 e. The minimum Gasteiger partial charge on any atom is -0.508 e. The third-order valence-electron chi connectivity index (χ3n) is 2.54. The number of benzene rings is 1. The molecule has 1 heterocycles. The van der Waals surface area contributed by atoms with Gasteiger partial charge < -0.3 is 14.9 Å². The summed E-state index contributed by atoms with van der Waals surface area (Å²) in [5.74, 6) is 1.46. The van der Waals surface area contributed by atoms with Gasteiger partial charge in [0, 0.05) is 18.5 Å². The van der Waals surface area contributed by atoms with Gasteiger partial charge in [0.1, 0.15) is 5.75 Å². The van der Waals surface area contributed by atoms with Gasteiger partial charge in [-0.1, -0.05) is 23.4 Å². The molecule has 0 amide bonds. The van der Waals surface area contributed by atoms with Crippen molar-refractivity contribution < 1.29 is 9.63 Å². The molecule has 90 valence electrons. The van der Waals surface area contributed by atoms with E-state index in [1.807, 2.05) is 19.1 Å². The largest absolute Gasteiger partial charge is 0.508 e. The Kier molecular flexibility index (Phi) is 3.39. The maximum absolute atomic E-state index is 9.69. The Hall–Kier alpha value is -1.88. The number of hydrogen-bond donors (Lipinski definition) is 2. The lowest BCUT2D eigenvalue weighted by Gasteiger charge is -2.13. The summed E-state index contributed by atoms with van der Waals surface area (Å²) in [6.45, 7) is 4.23. The first kappa shape index (κ1) is 11.6. The first-order valence-electron chi connectivity index (χ1n) is 5.47. The summed E-state index contributed by atoms with van der Waals surface area (Å²) in [5, 5.41) is 16.7. The molecule has 1 atom stereocenters. The van der Waals surface area contributed by atoms with E-state index in [1.54, 1.807) is 19.1 Å². The van der Waals surface area contributed by atoms with E-state index in [9.17, 15) is 5.11 Å². The van der Waals surface area contributed by atoms with Gasteiger partial charge in [-0.05, 0) is 13.0 Å². The molecule has 2 aromatic rings. The average molecular weight is 233 g/mol. The number of nitrogens with zero attached hydrogens (tertiary/aromatic N) is 2. The Morgan fingerprint density at radius 1 is 1.41 bits per heavy atom. The van der Waals surface area contributed by atoms with E-state index in [0.29, 0.717) is 18.3 Å². The molecule has 5 nitrogen and oxygen atoms in total. The van der Waals surface area contributed by atoms with Crippen molar-refractivity contribution in [3.8, 4) is 5.75 Å². The molecule has 17 heavy (non-hydrogen) atoms. The van der Waals surface area contributed by atoms with Crippen LogP contribution >= 0.6 is 0 Å². The van der Waals surface area contributed by atoms with E-state index in [1.165, 1.54) is 0 Å². The SMILES string of the molecule is Cc1nc(CNC(C)c2ccccc2O)no1. The summed E-state index contributed by atoms with van der Waals surface area (Å²) in [6, 6.07) is 7.27. The fourth-order valence-electron chi connectivity index (χ4n) is 1.62. The Labute approximate surface area is 99.5 Å². The van der Waals surface area contributed by atoms with Crippen molar-refractivity contribution in [1.29, 1.82) is 0 Å². The maximum atomic E-state index is 9.69. The zero-order chi connectivity index (χ0) is 12.3. The minimum absolute atomic E-state index is 0.0232. The molecule has 0 aliphatic rings. The predicted molar refractivity (Wildman–Crippen MR) is 62.4 cm³/mol. The Morgan fingerprint density at radius 2 is 2.18 bits per heavy atom. The van der Waals surface area contributed by atoms with Crippen LogP contribution < -0.4 is 5.32 Å². The lowest BCUT2D eigenvalue weighted by atomic mass is 10.1. The molecular formula is C12H15N3O2. The van der Waals surface area contributed by atoms with E-state index >= 15 is 0 Å². The molecule has 0 aliphatic carbocycles. The monoisotopic (exact) mass is 233 g/mol. The predicted octanol–water partition coefficient (Wildman–Crippen LogP) is 1.93. The third-order valence-corrected chi connectivity index (χ3v) is 2.54. The van der Waals surface area contributed by atoms with Gasteiger partial charge in [0.2, 0.25) is 5.89 Å². The van der Waals surface area contributed by atoms with Crippen molar-refractivity contribution in [3.63, 3.8) is 0 Å². The van der Waals surface area contributed by atoms with Gasteiger partial charge in [-0.2, -0.15) is 4.98 Å². The highest BCUT2D eigenvalue weighted by Crippen LogP contribution is 2.23. The van der Waals surface area contributed by atoms with Gasteiger partial charge in [-0.3, -0.25) is 0 Å². The van der Waals surface area contributed by atoms with Crippen LogP contribution in [0.1, 0.15) is 30.2 Å². The van der Waals surface area contributed by atoms with Gasteiger partial charge in [-0.25, -0.2) is 0 Å². The van der Waals surface area contributed by atoms with Crippen LogP contribution in [-0.2, 0) is 6.54 Å². The Bertz CT molecular complexity index is 496. The fourth-order valence-corrected chi connectivity index (χ4v) is 1.62. The lowest BCUT2D eigenvalue weighted by molar-refractivity contribution is 0.383. The first-order chi connectivity index (χ1) is 8.16. The standard InChI is InChI=1S/C12H15N3O2/c1-8(10-5-3-4-6-11(10)16)13-7-12-14-9(2)17-15-12/h3-6,8,13,16H,7H2,1-2H3. The molecule has 0 bridgehead atoms. The van der Waals surface area contributed by atoms with Gasteiger partial charge >= 0.3 is 0 Å². The number of aromatic hydroxyl groups is 1. The van der Waals surface area contributed by atoms with Crippen molar-refractivity contribution in [2.24, 2.45) is 0 Å². The number of rotatable bonds is 4. The Balaban J connectivity index is 1.98. The van der Waals surface area contributed by atoms with Crippen molar-refractivity contribution in [2.45, 2.75) is 26.4 Å². The number of para-hydroxylation sites is 1. The summed E-state index contributed by atoms with van der Waals surface area (Å²) in [6.07, 6.45) is 0. The lowest BCUT2D eigenvalue weighted by Crippen LogP contribution is -2.18. The second-order valence-corrected chi connectivity index (χ2v) is 3.89. The highest BCUT2D eigenvalue weighted by Gasteiger charge is 2.10. The van der Waals surface area contributed by atoms with Crippen molar-refractivity contribution in [1.82, 2.24) is 15.5 Å². The van der Waals surface area contributed by atoms with E-state index < -0.39 is 0 Å². The molecule has 0 fully saturated rings. The summed E-state index contributed by atoms with van der Waals surface area (Å²) < 4.78 is 4.88. The van der Waals surface area contributed by atoms with Gasteiger partial charge in [0.25, 0.3) is 0 Å². The van der Waals surface area contributed by atoms with E-state index in [-0.39, 0.29) is 11.8 Å². The molecule has 0 spiro atoms. The smallest absolute Gasteiger partial charge is 0.223 e. The number of nitrogens with one attached hydrogen (secondary N) is 1. The van der Waals surface area contributed by atoms with Crippen LogP contribution in [0.25, 0.3) is 0 Å². The van der Waals surface area contributed by atoms with Gasteiger partial charge in [0.05, 0.1) is 6.54 Å². The number of phenols is 1. The molecule has 1 unspecified atom stereocenters. The van der Waals surface area contributed by atoms with Crippen LogP contribution in [0.5, 0.6) is 5.75 Å². The summed E-state index contributed by atoms with van der Waals surface area (Å²) >= 11 is 0. The number of aromatic nitrogens is 2. The topological polar surface area (TPSA) is 71.2 Å². The molecule has 1 aromatic heterocycles. The molecule has 0 saturated heterocycles. The molecule has 2 rings (SSSR count). The highest BCUT2D eigenvalue weighted by atomic mass is 16.5. The quantitative estimate of drug-likeness (QED) is 0.844. The molecule has 0 saturated carbocycles. The molecule has 0 radical (unpaired) electrons. The van der Waals surface area contributed by atoms with E-state index in [2.05, 4.69) is 15.5 Å². The van der Waals surface area contributed by atoms with E-state index in [4.69, 9.17) is 4.52 Å². The molecule has 5 heteroatoms. The zero-order valence-electron chi connectivity index (χ0n) is 9.84. The van der Waals surface area contributed by atoms with Gasteiger partial charge in [0.15, 0.2) is 5.82 Å². The highest BCUT2D eigenvalue weighted by molar-refractivity contribution is 5.34. The van der Waals surface area contributed by atoms with Gasteiger partial charge in [-0.15, -0.1) is 0 Å². The summed E-state index contributed by atoms with van der Waals surface area (Å²) in [7, 11) is 0. The normalized spacial score (nSPS) is 12.6. The van der Waals surface area contributed by atoms with E-state index in [0.717, 1.165) is 5.56 Å². The number of aryl methyl sites for hydroxylation is 1. The van der Waals surface area contributed by atoms with Crippen molar-refractivity contribution in [2.75, 3.05) is 0 Å².